The summed E-state index contributed by atoms with van der Waals surface area (Å²) in [5, 5.41) is 0.138. The van der Waals surface area contributed by atoms with E-state index >= 15 is 0 Å². The lowest BCUT2D eigenvalue weighted by atomic mass is 9.83. The molecule has 1 aromatic carbocycles. The van der Waals surface area contributed by atoms with Crippen molar-refractivity contribution >= 4 is 16.9 Å². The van der Waals surface area contributed by atoms with Crippen molar-refractivity contribution in [2.24, 2.45) is 0 Å². The summed E-state index contributed by atoms with van der Waals surface area (Å²) in [5.41, 5.74) is 3.45. The number of thioether (sulfide) groups is 1. The standard InChI is InChI=1S/C13H18OS/c1-9-8-10(12(14)15-5)6-7-11(9)13(2,3)4/h6-8H,1-5H3. The van der Waals surface area contributed by atoms with Gasteiger partial charge in [-0.2, -0.15) is 0 Å². The van der Waals surface area contributed by atoms with Gasteiger partial charge in [-0.15, -0.1) is 0 Å². The van der Waals surface area contributed by atoms with Gasteiger partial charge in [0.1, 0.15) is 0 Å². The number of hydrogen-bond acceptors (Lipinski definition) is 2. The molecule has 0 radical (unpaired) electrons. The van der Waals surface area contributed by atoms with Gasteiger partial charge < -0.3 is 0 Å². The number of carbonyl (C=O) groups excluding carboxylic acids is 1. The fourth-order valence-electron chi connectivity index (χ4n) is 1.75. The van der Waals surface area contributed by atoms with Gasteiger partial charge in [0.15, 0.2) is 0 Å². The predicted molar refractivity (Wildman–Crippen MR) is 67.7 cm³/mol. The van der Waals surface area contributed by atoms with E-state index in [1.807, 2.05) is 18.4 Å². The van der Waals surface area contributed by atoms with Crippen LogP contribution >= 0.6 is 11.8 Å². The summed E-state index contributed by atoms with van der Waals surface area (Å²) in [6.07, 6.45) is 1.81. The average Bonchev–Trinajstić information content (AvgIpc) is 2.14. The number of benzene rings is 1. The first-order valence-electron chi connectivity index (χ1n) is 5.05. The summed E-state index contributed by atoms with van der Waals surface area (Å²) in [5.74, 6) is 0. The summed E-state index contributed by atoms with van der Waals surface area (Å²) in [4.78, 5) is 11.5. The zero-order valence-corrected chi connectivity index (χ0v) is 10.9. The molecule has 0 aliphatic rings. The zero-order valence-electron chi connectivity index (χ0n) is 10.0. The van der Waals surface area contributed by atoms with Gasteiger partial charge in [0.2, 0.25) is 5.12 Å². The van der Waals surface area contributed by atoms with E-state index in [9.17, 15) is 4.79 Å². The van der Waals surface area contributed by atoms with E-state index in [1.54, 1.807) is 0 Å². The van der Waals surface area contributed by atoms with Crippen LogP contribution in [0.5, 0.6) is 0 Å². The maximum absolute atomic E-state index is 11.5. The first kappa shape index (κ1) is 12.3. The van der Waals surface area contributed by atoms with Crippen molar-refractivity contribution in [3.05, 3.63) is 34.9 Å². The number of carbonyl (C=O) groups is 1. The van der Waals surface area contributed by atoms with Gasteiger partial charge in [-0.05, 0) is 35.8 Å². The van der Waals surface area contributed by atoms with E-state index in [1.165, 1.54) is 22.9 Å². The predicted octanol–water partition coefficient (Wildman–Crippen LogP) is 3.80. The minimum Gasteiger partial charge on any atom is -0.282 e. The normalized spacial score (nSPS) is 11.5. The molecule has 0 bridgehead atoms. The third-order valence-corrected chi connectivity index (χ3v) is 3.06. The molecular weight excluding hydrogens is 204 g/mol. The average molecular weight is 222 g/mol. The van der Waals surface area contributed by atoms with E-state index in [-0.39, 0.29) is 10.5 Å². The monoisotopic (exact) mass is 222 g/mol. The molecule has 1 aromatic rings. The molecule has 2 heteroatoms. The molecule has 0 saturated carbocycles. The number of aryl methyl sites for hydroxylation is 1. The molecule has 0 aliphatic heterocycles. The molecule has 0 unspecified atom stereocenters. The van der Waals surface area contributed by atoms with Crippen molar-refractivity contribution in [3.63, 3.8) is 0 Å². The molecule has 0 amide bonds. The van der Waals surface area contributed by atoms with Crippen molar-refractivity contribution in [1.82, 2.24) is 0 Å². The summed E-state index contributed by atoms with van der Waals surface area (Å²) in [6, 6.07) is 5.98. The van der Waals surface area contributed by atoms with Gasteiger partial charge in [-0.25, -0.2) is 0 Å². The molecule has 0 spiro atoms. The molecule has 0 heterocycles. The second-order valence-corrected chi connectivity index (χ2v) is 5.55. The molecule has 0 aromatic heterocycles. The number of hydrogen-bond donors (Lipinski definition) is 0. The summed E-state index contributed by atoms with van der Waals surface area (Å²) in [7, 11) is 0. The van der Waals surface area contributed by atoms with Crippen molar-refractivity contribution in [2.45, 2.75) is 33.1 Å². The van der Waals surface area contributed by atoms with Crippen LogP contribution in [0.25, 0.3) is 0 Å². The maximum atomic E-state index is 11.5. The third kappa shape index (κ3) is 2.85. The lowest BCUT2D eigenvalue weighted by molar-refractivity contribution is 0.108. The number of rotatable bonds is 1. The van der Waals surface area contributed by atoms with Gasteiger partial charge in [0.25, 0.3) is 0 Å². The Kier molecular flexibility index (Phi) is 3.61. The van der Waals surface area contributed by atoms with Gasteiger partial charge in [-0.3, -0.25) is 4.79 Å². The third-order valence-electron chi connectivity index (χ3n) is 2.46. The maximum Gasteiger partial charge on any atom is 0.219 e. The van der Waals surface area contributed by atoms with Gasteiger partial charge >= 0.3 is 0 Å². The second kappa shape index (κ2) is 4.40. The van der Waals surface area contributed by atoms with Gasteiger partial charge in [0, 0.05) is 5.56 Å². The van der Waals surface area contributed by atoms with Crippen LogP contribution in [0.3, 0.4) is 0 Å². The van der Waals surface area contributed by atoms with E-state index < -0.39 is 0 Å². The van der Waals surface area contributed by atoms with Crippen molar-refractivity contribution in [1.29, 1.82) is 0 Å². The van der Waals surface area contributed by atoms with Gasteiger partial charge in [-0.1, -0.05) is 44.7 Å². The Labute approximate surface area is 96.3 Å². The van der Waals surface area contributed by atoms with Crippen LogP contribution in [0.15, 0.2) is 18.2 Å². The Bertz CT molecular complexity index is 375. The largest absolute Gasteiger partial charge is 0.282 e. The van der Waals surface area contributed by atoms with Crippen molar-refractivity contribution in [3.8, 4) is 0 Å². The summed E-state index contributed by atoms with van der Waals surface area (Å²) >= 11 is 1.26. The SMILES string of the molecule is CSC(=O)c1ccc(C(C)(C)C)c(C)c1. The molecule has 1 nitrogen and oxygen atoms in total. The van der Waals surface area contributed by atoms with E-state index in [0.717, 1.165) is 5.56 Å². The first-order valence-corrected chi connectivity index (χ1v) is 6.28. The van der Waals surface area contributed by atoms with Crippen molar-refractivity contribution in [2.75, 3.05) is 6.26 Å². The Hall–Kier alpha value is -0.760. The van der Waals surface area contributed by atoms with E-state index in [2.05, 4.69) is 33.8 Å². The van der Waals surface area contributed by atoms with Crippen LogP contribution in [-0.4, -0.2) is 11.4 Å². The highest BCUT2D eigenvalue weighted by Crippen LogP contribution is 2.26. The van der Waals surface area contributed by atoms with Crippen LogP contribution in [0, 0.1) is 6.92 Å². The Balaban J connectivity index is 3.15. The molecule has 1 rings (SSSR count). The second-order valence-electron chi connectivity index (χ2n) is 4.77. The Morgan fingerprint density at radius 3 is 2.27 bits per heavy atom. The highest BCUT2D eigenvalue weighted by Gasteiger charge is 2.17. The zero-order chi connectivity index (χ0) is 11.6. The summed E-state index contributed by atoms with van der Waals surface area (Å²) < 4.78 is 0. The van der Waals surface area contributed by atoms with E-state index in [0.29, 0.717) is 0 Å². The van der Waals surface area contributed by atoms with Crippen LogP contribution in [0.4, 0.5) is 0 Å². The molecule has 0 aliphatic carbocycles. The van der Waals surface area contributed by atoms with Crippen LogP contribution in [0.2, 0.25) is 0 Å². The molecule has 0 atom stereocenters. The minimum absolute atomic E-state index is 0.138. The van der Waals surface area contributed by atoms with E-state index in [4.69, 9.17) is 0 Å². The fraction of sp³-hybridized carbons (Fsp3) is 0.462. The van der Waals surface area contributed by atoms with Gasteiger partial charge in [0.05, 0.1) is 0 Å². The smallest absolute Gasteiger partial charge is 0.219 e. The fourth-order valence-corrected chi connectivity index (χ4v) is 2.11. The first-order chi connectivity index (χ1) is 6.86. The minimum atomic E-state index is 0.138. The quantitative estimate of drug-likeness (QED) is 0.719. The highest BCUT2D eigenvalue weighted by molar-refractivity contribution is 8.13. The Morgan fingerprint density at radius 2 is 1.87 bits per heavy atom. The topological polar surface area (TPSA) is 17.1 Å². The van der Waals surface area contributed by atoms with Crippen LogP contribution < -0.4 is 0 Å². The lowest BCUT2D eigenvalue weighted by Gasteiger charge is -2.21. The lowest BCUT2D eigenvalue weighted by Crippen LogP contribution is -2.13. The molecule has 0 saturated heterocycles. The molecule has 15 heavy (non-hydrogen) atoms. The van der Waals surface area contributed by atoms with Crippen molar-refractivity contribution < 1.29 is 4.79 Å². The summed E-state index contributed by atoms with van der Waals surface area (Å²) in [6.45, 7) is 8.62. The highest BCUT2D eigenvalue weighted by atomic mass is 32.2. The molecule has 82 valence electrons. The van der Waals surface area contributed by atoms with Crippen LogP contribution in [0.1, 0.15) is 42.3 Å². The molecule has 0 N–H and O–H groups in total. The molecule has 0 fully saturated rings. The molecular formula is C13H18OS. The Morgan fingerprint density at radius 1 is 1.27 bits per heavy atom. The van der Waals surface area contributed by atoms with Crippen LogP contribution in [-0.2, 0) is 5.41 Å².